The molecule has 150 valence electrons. The van der Waals surface area contributed by atoms with E-state index in [0.29, 0.717) is 32.8 Å². The zero-order valence-electron chi connectivity index (χ0n) is 15.1. The number of amidine groups is 1. The maximum Gasteiger partial charge on any atom is 0.337 e. The largest absolute Gasteiger partial charge is 0.478 e. The molecule has 0 atom stereocenters. The van der Waals surface area contributed by atoms with Crippen LogP contribution in [0.3, 0.4) is 0 Å². The summed E-state index contributed by atoms with van der Waals surface area (Å²) in [5, 5.41) is 12.3. The van der Waals surface area contributed by atoms with Crippen LogP contribution in [0.5, 0.6) is 0 Å². The number of carbonyl (C=O) groups excluding carboxylic acids is 1. The fourth-order valence-electron chi connectivity index (χ4n) is 2.67. The van der Waals surface area contributed by atoms with E-state index in [-0.39, 0.29) is 22.3 Å². The minimum absolute atomic E-state index is 0.0298. The summed E-state index contributed by atoms with van der Waals surface area (Å²) in [6, 6.07) is 13.5. The molecule has 0 bridgehead atoms. The van der Waals surface area contributed by atoms with Crippen molar-refractivity contribution in [1.82, 2.24) is 5.32 Å². The van der Waals surface area contributed by atoms with E-state index in [2.05, 4.69) is 10.3 Å². The highest BCUT2D eigenvalue weighted by molar-refractivity contribution is 8.18. The average molecular weight is 443 g/mol. The lowest BCUT2D eigenvalue weighted by Gasteiger charge is -2.02. The number of rotatable bonds is 4. The van der Waals surface area contributed by atoms with Crippen LogP contribution >= 0.6 is 23.4 Å². The second-order valence-corrected chi connectivity index (χ2v) is 7.60. The molecular weight excluding hydrogens is 431 g/mol. The van der Waals surface area contributed by atoms with Crippen LogP contribution in [0.15, 0.2) is 68.9 Å². The number of nitrogens with zero attached hydrogens (tertiary/aromatic N) is 1. The van der Waals surface area contributed by atoms with E-state index in [1.54, 1.807) is 24.3 Å². The second kappa shape index (κ2) is 8.17. The first-order valence-corrected chi connectivity index (χ1v) is 9.77. The quantitative estimate of drug-likeness (QED) is 0.533. The maximum atomic E-state index is 13.0. The van der Waals surface area contributed by atoms with E-state index < -0.39 is 5.97 Å². The van der Waals surface area contributed by atoms with Gasteiger partial charge >= 0.3 is 5.97 Å². The Hall–Kier alpha value is -3.36. The number of benzene rings is 2. The summed E-state index contributed by atoms with van der Waals surface area (Å²) in [7, 11) is 0. The average Bonchev–Trinajstić information content (AvgIpc) is 3.31. The molecule has 6 nitrogen and oxygen atoms in total. The summed E-state index contributed by atoms with van der Waals surface area (Å²) in [5.41, 5.74) is 1.03. The number of furan rings is 1. The molecule has 0 radical (unpaired) electrons. The van der Waals surface area contributed by atoms with Gasteiger partial charge in [-0.05, 0) is 66.4 Å². The first-order valence-electron chi connectivity index (χ1n) is 8.57. The molecule has 0 saturated carbocycles. The lowest BCUT2D eigenvalue weighted by atomic mass is 10.1. The smallest absolute Gasteiger partial charge is 0.337 e. The molecule has 0 unspecified atom stereocenters. The van der Waals surface area contributed by atoms with Gasteiger partial charge in [0.05, 0.1) is 21.2 Å². The van der Waals surface area contributed by atoms with Gasteiger partial charge in [-0.1, -0.05) is 11.6 Å². The number of nitrogens with one attached hydrogen (secondary N) is 1. The zero-order chi connectivity index (χ0) is 21.3. The van der Waals surface area contributed by atoms with Crippen LogP contribution in [-0.2, 0) is 4.79 Å². The SMILES string of the molecule is O=C1NC(=Nc2ccc(F)cc2)S/C1=C\c1ccc(-c2ccc(Cl)c(C(=O)O)c2)o1. The number of amides is 1. The molecule has 1 saturated heterocycles. The van der Waals surface area contributed by atoms with Crippen molar-refractivity contribution < 1.29 is 23.5 Å². The number of aliphatic imine (C=N–C) groups is 1. The van der Waals surface area contributed by atoms with Crippen molar-refractivity contribution in [3.05, 3.63) is 81.7 Å². The molecule has 2 aromatic carbocycles. The molecule has 30 heavy (non-hydrogen) atoms. The summed E-state index contributed by atoms with van der Waals surface area (Å²) < 4.78 is 18.7. The summed E-state index contributed by atoms with van der Waals surface area (Å²) in [5.74, 6) is -0.990. The van der Waals surface area contributed by atoms with Crippen molar-refractivity contribution in [3.63, 3.8) is 0 Å². The summed E-state index contributed by atoms with van der Waals surface area (Å²) in [6.07, 6.45) is 1.56. The van der Waals surface area contributed by atoms with Gasteiger partial charge in [0.2, 0.25) is 0 Å². The van der Waals surface area contributed by atoms with Crippen molar-refractivity contribution in [2.75, 3.05) is 0 Å². The van der Waals surface area contributed by atoms with Gasteiger partial charge in [0.25, 0.3) is 5.91 Å². The monoisotopic (exact) mass is 442 g/mol. The van der Waals surface area contributed by atoms with Crippen LogP contribution < -0.4 is 5.32 Å². The number of halogens is 2. The third-order valence-corrected chi connectivity index (χ3v) is 5.33. The molecular formula is C21H12ClFN2O4S. The predicted octanol–water partition coefficient (Wildman–Crippen LogP) is 5.33. The normalized spacial score (nSPS) is 16.3. The van der Waals surface area contributed by atoms with E-state index in [1.165, 1.54) is 36.4 Å². The maximum absolute atomic E-state index is 13.0. The highest BCUT2D eigenvalue weighted by Crippen LogP contribution is 2.31. The minimum Gasteiger partial charge on any atom is -0.478 e. The Morgan fingerprint density at radius 2 is 1.93 bits per heavy atom. The van der Waals surface area contributed by atoms with E-state index >= 15 is 0 Å². The zero-order valence-corrected chi connectivity index (χ0v) is 16.6. The van der Waals surface area contributed by atoms with Gasteiger partial charge in [0.15, 0.2) is 5.17 Å². The van der Waals surface area contributed by atoms with Crippen molar-refractivity contribution in [3.8, 4) is 11.3 Å². The Balaban J connectivity index is 1.56. The third-order valence-electron chi connectivity index (χ3n) is 4.09. The molecule has 1 amide bonds. The van der Waals surface area contributed by atoms with Crippen molar-refractivity contribution >= 4 is 52.2 Å². The highest BCUT2D eigenvalue weighted by Gasteiger charge is 2.24. The van der Waals surface area contributed by atoms with Crippen LogP contribution in [0.1, 0.15) is 16.1 Å². The molecule has 1 fully saturated rings. The third kappa shape index (κ3) is 4.29. The van der Waals surface area contributed by atoms with Crippen molar-refractivity contribution in [1.29, 1.82) is 0 Å². The van der Waals surface area contributed by atoms with Gasteiger partial charge in [-0.15, -0.1) is 0 Å². The standard InChI is InChI=1S/C21H12ClFN2O4S/c22-16-7-1-11(9-15(16)20(27)28)17-8-6-14(29-17)10-18-19(26)25-21(30-18)24-13-4-2-12(23)3-5-13/h1-10H,(H,27,28)(H,24,25,26)/b18-10-. The molecule has 0 spiro atoms. The fraction of sp³-hybridized carbons (Fsp3) is 0. The van der Waals surface area contributed by atoms with Gasteiger partial charge in [0.1, 0.15) is 17.3 Å². The summed E-state index contributed by atoms with van der Waals surface area (Å²) in [6.45, 7) is 0. The number of aromatic carboxylic acids is 1. The topological polar surface area (TPSA) is 91.9 Å². The molecule has 1 aliphatic heterocycles. The summed E-state index contributed by atoms with van der Waals surface area (Å²) in [4.78, 5) is 28.1. The molecule has 2 N–H and O–H groups in total. The van der Waals surface area contributed by atoms with Crippen LogP contribution in [0.4, 0.5) is 10.1 Å². The molecule has 2 heterocycles. The number of carboxylic acids is 1. The van der Waals surface area contributed by atoms with Crippen LogP contribution in [0.25, 0.3) is 17.4 Å². The molecule has 4 rings (SSSR count). The van der Waals surface area contributed by atoms with Crippen LogP contribution in [0.2, 0.25) is 5.02 Å². The number of carbonyl (C=O) groups is 2. The van der Waals surface area contributed by atoms with E-state index in [1.807, 2.05) is 0 Å². The molecule has 1 aliphatic rings. The number of carboxylic acid groups (broad SMARTS) is 1. The van der Waals surface area contributed by atoms with Crippen molar-refractivity contribution in [2.45, 2.75) is 0 Å². The molecule has 3 aromatic rings. The number of hydrogen-bond donors (Lipinski definition) is 2. The van der Waals surface area contributed by atoms with E-state index in [4.69, 9.17) is 16.0 Å². The fourth-order valence-corrected chi connectivity index (χ4v) is 3.69. The first-order chi connectivity index (χ1) is 14.4. The first kappa shape index (κ1) is 19.9. The number of hydrogen-bond acceptors (Lipinski definition) is 5. The molecule has 0 aliphatic carbocycles. The highest BCUT2D eigenvalue weighted by atomic mass is 35.5. The number of thioether (sulfide) groups is 1. The second-order valence-electron chi connectivity index (χ2n) is 6.16. The van der Waals surface area contributed by atoms with Gasteiger partial charge in [0, 0.05) is 11.6 Å². The Labute approximate surface area is 179 Å². The van der Waals surface area contributed by atoms with Gasteiger partial charge in [-0.3, -0.25) is 4.79 Å². The van der Waals surface area contributed by atoms with Gasteiger partial charge in [-0.25, -0.2) is 14.2 Å². The lowest BCUT2D eigenvalue weighted by molar-refractivity contribution is -0.115. The Bertz CT molecular complexity index is 1220. The van der Waals surface area contributed by atoms with Crippen LogP contribution in [-0.4, -0.2) is 22.2 Å². The Kier molecular flexibility index (Phi) is 5.43. The van der Waals surface area contributed by atoms with Crippen LogP contribution in [0, 0.1) is 5.82 Å². The Morgan fingerprint density at radius 1 is 1.17 bits per heavy atom. The van der Waals surface area contributed by atoms with Gasteiger partial charge < -0.3 is 14.8 Å². The minimum atomic E-state index is -1.14. The Morgan fingerprint density at radius 3 is 2.67 bits per heavy atom. The van der Waals surface area contributed by atoms with E-state index in [0.717, 1.165) is 11.8 Å². The van der Waals surface area contributed by atoms with Gasteiger partial charge in [-0.2, -0.15) is 0 Å². The predicted molar refractivity (Wildman–Crippen MR) is 113 cm³/mol. The van der Waals surface area contributed by atoms with Crippen molar-refractivity contribution in [2.24, 2.45) is 4.99 Å². The molecule has 9 heteroatoms. The molecule has 1 aromatic heterocycles. The van der Waals surface area contributed by atoms with E-state index in [9.17, 15) is 19.1 Å². The summed E-state index contributed by atoms with van der Waals surface area (Å²) >= 11 is 7.02. The lowest BCUT2D eigenvalue weighted by Crippen LogP contribution is -2.19.